The van der Waals surface area contributed by atoms with E-state index in [1.807, 2.05) is 91.0 Å². The van der Waals surface area contributed by atoms with Gasteiger partial charge in [0, 0.05) is 44.8 Å². The molecule has 54 heavy (non-hydrogen) atoms. The van der Waals surface area contributed by atoms with Crippen molar-refractivity contribution in [2.45, 2.75) is 62.2 Å². The number of aromatic hydroxyl groups is 1. The number of hydrogen-bond donors (Lipinski definition) is 3. The number of amides is 2. The minimum atomic E-state index is -0.978. The zero-order chi connectivity index (χ0) is 37.7. The van der Waals surface area contributed by atoms with Crippen molar-refractivity contribution in [2.24, 2.45) is 0 Å². The summed E-state index contributed by atoms with van der Waals surface area (Å²) in [6.45, 7) is -0.182. The summed E-state index contributed by atoms with van der Waals surface area (Å²) >= 11 is 0. The number of allylic oxidation sites excluding steroid dienone is 1. The second-order valence-electron chi connectivity index (χ2n) is 14.0. The van der Waals surface area contributed by atoms with E-state index in [9.17, 15) is 24.6 Å². The van der Waals surface area contributed by atoms with Gasteiger partial charge < -0.3 is 34.6 Å². The summed E-state index contributed by atoms with van der Waals surface area (Å²) in [7, 11) is 1.58. The van der Waals surface area contributed by atoms with Crippen LogP contribution in [0.5, 0.6) is 5.75 Å². The second kappa shape index (κ2) is 16.2. The number of phenolic OH excluding ortho intramolecular Hbond substituents is 1. The number of benzene rings is 4. The number of carbonyl (C=O) groups excluding carboxylic acids is 3. The number of carbonyl (C=O) groups is 3. The Morgan fingerprint density at radius 2 is 1.61 bits per heavy atom. The van der Waals surface area contributed by atoms with Crippen LogP contribution in [-0.2, 0) is 49.5 Å². The second-order valence-corrected chi connectivity index (χ2v) is 14.0. The number of nitrogens with one attached hydrogen (secondary N) is 1. The molecule has 0 aromatic heterocycles. The highest BCUT2D eigenvalue weighted by Crippen LogP contribution is 2.45. The smallest absolute Gasteiger partial charge is 0.339 e. The Morgan fingerprint density at radius 3 is 2.35 bits per heavy atom. The zero-order valence-electron chi connectivity index (χ0n) is 30.1. The molecule has 278 valence electrons. The summed E-state index contributed by atoms with van der Waals surface area (Å²) < 4.78 is 19.6. The summed E-state index contributed by atoms with van der Waals surface area (Å²) in [4.78, 5) is 43.2. The van der Waals surface area contributed by atoms with Crippen molar-refractivity contribution in [3.05, 3.63) is 154 Å². The number of hydrogen-bond acceptors (Lipinski definition) is 8. The summed E-state index contributed by atoms with van der Waals surface area (Å²) in [5.74, 6) is -2.15. The zero-order valence-corrected chi connectivity index (χ0v) is 30.1. The summed E-state index contributed by atoms with van der Waals surface area (Å²) in [5, 5.41) is 22.3. The number of nitrogens with zero attached hydrogens (tertiary/aromatic N) is 1. The summed E-state index contributed by atoms with van der Waals surface area (Å²) in [6, 6.07) is 30.8. The molecule has 0 saturated carbocycles. The van der Waals surface area contributed by atoms with Crippen molar-refractivity contribution in [1.82, 2.24) is 10.2 Å². The molecule has 4 aromatic rings. The quantitative estimate of drug-likeness (QED) is 0.175. The largest absolute Gasteiger partial charge is 0.508 e. The third-order valence-electron chi connectivity index (χ3n) is 10.3. The number of ether oxygens (including phenoxy) is 3. The molecule has 1 heterocycles. The van der Waals surface area contributed by atoms with E-state index in [2.05, 4.69) is 5.32 Å². The van der Waals surface area contributed by atoms with Crippen molar-refractivity contribution in [3.63, 3.8) is 0 Å². The molecular formula is C44H44N2O8. The molecule has 4 aromatic carbocycles. The van der Waals surface area contributed by atoms with E-state index in [-0.39, 0.29) is 31.7 Å². The van der Waals surface area contributed by atoms with Crippen LogP contribution in [0, 0.1) is 0 Å². The van der Waals surface area contributed by atoms with Crippen LogP contribution in [0.1, 0.15) is 44.6 Å². The van der Waals surface area contributed by atoms with E-state index < -0.39 is 47.9 Å². The minimum absolute atomic E-state index is 0.0457. The molecule has 10 heteroatoms. The summed E-state index contributed by atoms with van der Waals surface area (Å²) in [5.41, 5.74) is 5.19. The van der Waals surface area contributed by atoms with Gasteiger partial charge in [-0.15, -0.1) is 0 Å². The molecule has 4 unspecified atom stereocenters. The standard InChI is InChI=1S/C44H44N2O8/c1-46(36(41(49)45-22-23-47)24-29-12-3-2-4-13-29)42(50)34-25-38(40-39(26-34)53-44(54-40)27-32-16-5-6-17-33(32)28-44)52-43(51)35-20-9-7-14-30(35)18-11-19-31-15-8-10-21-37(31)48/h2-18,20-21,26,36,38-40,47-48H,19,22-25,27-28H2,1H3,(H,45,49). The van der Waals surface area contributed by atoms with Gasteiger partial charge in [-0.1, -0.05) is 103 Å². The number of esters is 1. The lowest BCUT2D eigenvalue weighted by atomic mass is 9.90. The Kier molecular flexibility index (Phi) is 11.1. The fourth-order valence-corrected chi connectivity index (χ4v) is 7.59. The average molecular weight is 729 g/mol. The average Bonchev–Trinajstić information content (AvgIpc) is 3.74. The molecular weight excluding hydrogens is 684 g/mol. The van der Waals surface area contributed by atoms with Gasteiger partial charge in [-0.25, -0.2) is 4.79 Å². The molecule has 2 aliphatic carbocycles. The Labute approximate surface area is 314 Å². The van der Waals surface area contributed by atoms with Crippen LogP contribution in [-0.4, -0.2) is 83.2 Å². The maximum Gasteiger partial charge on any atom is 0.339 e. The number of phenols is 1. The first-order chi connectivity index (χ1) is 26.2. The molecule has 10 nitrogen and oxygen atoms in total. The monoisotopic (exact) mass is 728 g/mol. The van der Waals surface area contributed by atoms with Crippen LogP contribution >= 0.6 is 0 Å². The lowest BCUT2D eigenvalue weighted by molar-refractivity contribution is -0.172. The molecule has 0 radical (unpaired) electrons. The van der Waals surface area contributed by atoms with Gasteiger partial charge in [0.2, 0.25) is 11.8 Å². The SMILES string of the molecule is CN(C(=O)C1=CC2OC3(Cc4ccccc4C3)OC2C(OC(=O)c2ccccc2C=CCc2ccccc2O)C1)C(Cc1ccccc1)C(=O)NCCO. The Balaban J connectivity index is 1.15. The first-order valence-electron chi connectivity index (χ1n) is 18.3. The fourth-order valence-electron chi connectivity index (χ4n) is 7.59. The van der Waals surface area contributed by atoms with Crippen LogP contribution in [0.3, 0.4) is 0 Å². The van der Waals surface area contributed by atoms with Crippen molar-refractivity contribution in [1.29, 1.82) is 0 Å². The van der Waals surface area contributed by atoms with Gasteiger partial charge in [-0.2, -0.15) is 0 Å². The predicted molar refractivity (Wildman–Crippen MR) is 202 cm³/mol. The maximum absolute atomic E-state index is 14.4. The highest BCUT2D eigenvalue weighted by molar-refractivity contribution is 5.98. The molecule has 3 N–H and O–H groups in total. The van der Waals surface area contributed by atoms with Gasteiger partial charge in [-0.05, 0) is 52.4 Å². The van der Waals surface area contributed by atoms with Gasteiger partial charge in [0.15, 0.2) is 5.79 Å². The lowest BCUT2D eigenvalue weighted by Crippen LogP contribution is -2.51. The van der Waals surface area contributed by atoms with Crippen molar-refractivity contribution in [2.75, 3.05) is 20.2 Å². The maximum atomic E-state index is 14.4. The van der Waals surface area contributed by atoms with Gasteiger partial charge in [-0.3, -0.25) is 9.59 Å². The van der Waals surface area contributed by atoms with E-state index in [0.29, 0.717) is 36.0 Å². The highest BCUT2D eigenvalue weighted by atomic mass is 16.8. The number of aliphatic hydroxyl groups excluding tert-OH is 1. The van der Waals surface area contributed by atoms with Gasteiger partial charge >= 0.3 is 5.97 Å². The van der Waals surface area contributed by atoms with Crippen molar-refractivity contribution in [3.8, 4) is 5.75 Å². The van der Waals surface area contributed by atoms with E-state index in [0.717, 1.165) is 22.3 Å². The first kappa shape index (κ1) is 36.8. The molecule has 1 aliphatic heterocycles. The van der Waals surface area contributed by atoms with Crippen molar-refractivity contribution >= 4 is 23.9 Å². The van der Waals surface area contributed by atoms with Gasteiger partial charge in [0.05, 0.1) is 12.2 Å². The first-order valence-corrected chi connectivity index (χ1v) is 18.3. The highest BCUT2D eigenvalue weighted by Gasteiger charge is 2.55. The van der Waals surface area contributed by atoms with Crippen LogP contribution < -0.4 is 5.32 Å². The van der Waals surface area contributed by atoms with E-state index in [1.54, 1.807) is 37.4 Å². The van der Waals surface area contributed by atoms with Crippen LogP contribution in [0.15, 0.2) is 121 Å². The number of para-hydroxylation sites is 1. The predicted octanol–water partition coefficient (Wildman–Crippen LogP) is 4.96. The molecule has 1 fully saturated rings. The van der Waals surface area contributed by atoms with Gasteiger partial charge in [0.25, 0.3) is 0 Å². The number of likely N-dealkylation sites (N-methyl/N-ethyl adjacent to an activating group) is 1. The van der Waals surface area contributed by atoms with Crippen molar-refractivity contribution < 1.29 is 38.8 Å². The Hall–Kier alpha value is -5.55. The van der Waals surface area contributed by atoms with E-state index in [4.69, 9.17) is 14.2 Å². The van der Waals surface area contributed by atoms with Crippen LogP contribution in [0.25, 0.3) is 6.08 Å². The molecule has 1 saturated heterocycles. The van der Waals surface area contributed by atoms with Crippen LogP contribution in [0.4, 0.5) is 0 Å². The minimum Gasteiger partial charge on any atom is -0.508 e. The van der Waals surface area contributed by atoms with Gasteiger partial charge in [0.1, 0.15) is 30.1 Å². The fraction of sp³-hybridized carbons (Fsp3) is 0.295. The van der Waals surface area contributed by atoms with E-state index in [1.165, 1.54) is 4.90 Å². The third-order valence-corrected chi connectivity index (χ3v) is 10.3. The Morgan fingerprint density at radius 1 is 0.926 bits per heavy atom. The number of aliphatic hydroxyl groups is 1. The lowest BCUT2D eigenvalue weighted by Gasteiger charge is -2.33. The normalized spacial score (nSPS) is 20.2. The Bertz CT molecular complexity index is 2040. The van der Waals surface area contributed by atoms with E-state index >= 15 is 0 Å². The molecule has 7 rings (SSSR count). The molecule has 1 spiro atoms. The topological polar surface area (TPSA) is 135 Å². The molecule has 3 aliphatic rings. The number of rotatable bonds is 12. The summed E-state index contributed by atoms with van der Waals surface area (Å²) in [6.07, 6.45) is 5.01. The third kappa shape index (κ3) is 8.01. The molecule has 2 amide bonds. The number of fused-ring (bicyclic) bond motifs is 2. The molecule has 0 bridgehead atoms. The van der Waals surface area contributed by atoms with Crippen LogP contribution in [0.2, 0.25) is 0 Å². The molecule has 4 atom stereocenters.